The zero-order valence-electron chi connectivity index (χ0n) is 22.3. The molecule has 0 bridgehead atoms. The van der Waals surface area contributed by atoms with Gasteiger partial charge in [-0.3, -0.25) is 4.79 Å². The standard InChI is InChI=1S/C28H37N5O3/c1-8-36-23-14-12-21(13-15-23)29-27(35)32(19(2)3)18-26(34)30-25-17-24(28(5,6)7)31-33(25)22-11-9-10-20(4)16-22/h9-17,19H,8,18H2,1-7H3,(H,29,35)(H,30,34). The lowest BCUT2D eigenvalue weighted by molar-refractivity contribution is -0.117. The molecule has 0 fully saturated rings. The van der Waals surface area contributed by atoms with E-state index in [9.17, 15) is 9.59 Å². The molecule has 3 rings (SSSR count). The predicted octanol–water partition coefficient (Wildman–Crippen LogP) is 5.76. The number of rotatable bonds is 8. The van der Waals surface area contributed by atoms with E-state index in [4.69, 9.17) is 9.84 Å². The summed E-state index contributed by atoms with van der Waals surface area (Å²) in [7, 11) is 0. The summed E-state index contributed by atoms with van der Waals surface area (Å²) in [5, 5.41) is 10.6. The van der Waals surface area contributed by atoms with Crippen LogP contribution in [0.5, 0.6) is 5.75 Å². The molecular weight excluding hydrogens is 454 g/mol. The number of nitrogens with one attached hydrogen (secondary N) is 2. The van der Waals surface area contributed by atoms with Gasteiger partial charge in [-0.2, -0.15) is 5.10 Å². The lowest BCUT2D eigenvalue weighted by atomic mass is 9.92. The fraction of sp³-hybridized carbons (Fsp3) is 0.393. The summed E-state index contributed by atoms with van der Waals surface area (Å²) in [5.41, 5.74) is 3.23. The van der Waals surface area contributed by atoms with Crippen molar-refractivity contribution in [3.63, 3.8) is 0 Å². The predicted molar refractivity (Wildman–Crippen MR) is 144 cm³/mol. The molecule has 192 valence electrons. The maximum absolute atomic E-state index is 13.1. The highest BCUT2D eigenvalue weighted by Crippen LogP contribution is 2.26. The smallest absolute Gasteiger partial charge is 0.322 e. The van der Waals surface area contributed by atoms with Gasteiger partial charge in [0.1, 0.15) is 18.1 Å². The van der Waals surface area contributed by atoms with Gasteiger partial charge in [0.15, 0.2) is 0 Å². The van der Waals surface area contributed by atoms with Gasteiger partial charge in [-0.25, -0.2) is 9.48 Å². The molecule has 2 aromatic carbocycles. The van der Waals surface area contributed by atoms with Crippen LogP contribution in [0.4, 0.5) is 16.3 Å². The quantitative estimate of drug-likeness (QED) is 0.419. The van der Waals surface area contributed by atoms with E-state index >= 15 is 0 Å². The number of benzene rings is 2. The number of hydrogen-bond acceptors (Lipinski definition) is 4. The molecule has 8 heteroatoms. The van der Waals surface area contributed by atoms with Gasteiger partial charge in [0.2, 0.25) is 5.91 Å². The summed E-state index contributed by atoms with van der Waals surface area (Å²) in [6.45, 7) is 14.4. The van der Waals surface area contributed by atoms with Gasteiger partial charge in [-0.1, -0.05) is 32.9 Å². The van der Waals surface area contributed by atoms with Crippen LogP contribution in [-0.2, 0) is 10.2 Å². The Morgan fingerprint density at radius 2 is 1.75 bits per heavy atom. The van der Waals surface area contributed by atoms with Crippen molar-refractivity contribution in [1.29, 1.82) is 0 Å². The van der Waals surface area contributed by atoms with Crippen LogP contribution in [0.1, 0.15) is 52.8 Å². The average molecular weight is 492 g/mol. The van der Waals surface area contributed by atoms with Gasteiger partial charge >= 0.3 is 6.03 Å². The minimum atomic E-state index is -0.355. The fourth-order valence-electron chi connectivity index (χ4n) is 3.62. The Balaban J connectivity index is 1.77. The Kier molecular flexibility index (Phi) is 8.40. The third-order valence-corrected chi connectivity index (χ3v) is 5.61. The van der Waals surface area contributed by atoms with Crippen LogP contribution < -0.4 is 15.4 Å². The van der Waals surface area contributed by atoms with Crippen molar-refractivity contribution >= 4 is 23.4 Å². The highest BCUT2D eigenvalue weighted by molar-refractivity contribution is 5.97. The molecule has 1 heterocycles. The molecule has 0 spiro atoms. The highest BCUT2D eigenvalue weighted by atomic mass is 16.5. The largest absolute Gasteiger partial charge is 0.494 e. The lowest BCUT2D eigenvalue weighted by Gasteiger charge is -2.26. The summed E-state index contributed by atoms with van der Waals surface area (Å²) >= 11 is 0. The summed E-state index contributed by atoms with van der Waals surface area (Å²) in [6.07, 6.45) is 0. The lowest BCUT2D eigenvalue weighted by Crippen LogP contribution is -2.44. The Hall–Kier alpha value is -3.81. The van der Waals surface area contributed by atoms with Crippen molar-refractivity contribution in [2.75, 3.05) is 23.8 Å². The van der Waals surface area contributed by atoms with Gasteiger partial charge in [0.05, 0.1) is 18.0 Å². The number of ether oxygens (including phenoxy) is 1. The number of hydrogen-bond donors (Lipinski definition) is 2. The number of anilines is 2. The number of aryl methyl sites for hydroxylation is 1. The zero-order chi connectivity index (χ0) is 26.5. The van der Waals surface area contributed by atoms with Crippen LogP contribution in [0.3, 0.4) is 0 Å². The summed E-state index contributed by atoms with van der Waals surface area (Å²) < 4.78 is 7.19. The zero-order valence-corrected chi connectivity index (χ0v) is 22.3. The Bertz CT molecular complexity index is 1190. The first kappa shape index (κ1) is 26.8. The van der Waals surface area contributed by atoms with Crippen LogP contribution in [0.2, 0.25) is 0 Å². The molecule has 0 saturated heterocycles. The maximum Gasteiger partial charge on any atom is 0.322 e. The van der Waals surface area contributed by atoms with Crippen molar-refractivity contribution in [3.8, 4) is 11.4 Å². The molecule has 1 aromatic heterocycles. The van der Waals surface area contributed by atoms with E-state index < -0.39 is 0 Å². The van der Waals surface area contributed by atoms with E-state index in [0.29, 0.717) is 18.1 Å². The summed E-state index contributed by atoms with van der Waals surface area (Å²) in [5.74, 6) is 0.987. The molecule has 0 unspecified atom stereocenters. The van der Waals surface area contributed by atoms with Crippen LogP contribution in [0.15, 0.2) is 54.6 Å². The molecule has 0 atom stereocenters. The number of amides is 3. The molecule has 0 saturated carbocycles. The Labute approximate surface area is 213 Å². The Morgan fingerprint density at radius 1 is 1.06 bits per heavy atom. The van der Waals surface area contributed by atoms with Crippen molar-refractivity contribution in [2.24, 2.45) is 0 Å². The first-order valence-corrected chi connectivity index (χ1v) is 12.3. The normalized spacial score (nSPS) is 11.3. The van der Waals surface area contributed by atoms with Crippen molar-refractivity contribution < 1.29 is 14.3 Å². The van der Waals surface area contributed by atoms with E-state index in [2.05, 4.69) is 31.4 Å². The molecule has 3 aromatic rings. The number of carbonyl (C=O) groups excluding carboxylic acids is 2. The van der Waals surface area contributed by atoms with Crippen molar-refractivity contribution in [3.05, 3.63) is 65.9 Å². The maximum atomic E-state index is 13.1. The van der Waals surface area contributed by atoms with E-state index in [1.807, 2.05) is 58.0 Å². The summed E-state index contributed by atoms with van der Waals surface area (Å²) in [6, 6.07) is 16.4. The minimum Gasteiger partial charge on any atom is -0.494 e. The first-order valence-electron chi connectivity index (χ1n) is 12.3. The molecular formula is C28H37N5O3. The number of carbonyl (C=O) groups is 2. The molecule has 8 nitrogen and oxygen atoms in total. The van der Waals surface area contributed by atoms with E-state index in [1.54, 1.807) is 28.9 Å². The van der Waals surface area contributed by atoms with Gasteiger partial charge in [-0.05, 0) is 69.7 Å². The van der Waals surface area contributed by atoms with Crippen molar-refractivity contribution in [2.45, 2.75) is 59.9 Å². The van der Waals surface area contributed by atoms with Crippen LogP contribution in [0.25, 0.3) is 5.69 Å². The van der Waals surface area contributed by atoms with Crippen LogP contribution in [-0.4, -0.2) is 45.8 Å². The van der Waals surface area contributed by atoms with Gasteiger partial charge in [0, 0.05) is 23.2 Å². The van der Waals surface area contributed by atoms with Crippen molar-refractivity contribution in [1.82, 2.24) is 14.7 Å². The first-order chi connectivity index (χ1) is 17.0. The molecule has 0 aliphatic rings. The summed E-state index contributed by atoms with van der Waals surface area (Å²) in [4.78, 5) is 27.6. The molecule has 3 amide bonds. The minimum absolute atomic E-state index is 0.107. The van der Waals surface area contributed by atoms with Crippen LogP contribution >= 0.6 is 0 Å². The Morgan fingerprint density at radius 3 is 2.33 bits per heavy atom. The highest BCUT2D eigenvalue weighted by Gasteiger charge is 2.24. The van der Waals surface area contributed by atoms with Gasteiger partial charge in [0.25, 0.3) is 0 Å². The van der Waals surface area contributed by atoms with Crippen LogP contribution in [0, 0.1) is 6.92 Å². The molecule has 0 aliphatic heterocycles. The third kappa shape index (κ3) is 6.87. The molecule has 0 aliphatic carbocycles. The molecule has 2 N–H and O–H groups in total. The number of urea groups is 1. The third-order valence-electron chi connectivity index (χ3n) is 5.61. The van der Waals surface area contributed by atoms with E-state index in [1.165, 1.54) is 4.90 Å². The molecule has 0 radical (unpaired) electrons. The van der Waals surface area contributed by atoms with E-state index in [-0.39, 0.29) is 29.9 Å². The van der Waals surface area contributed by atoms with E-state index in [0.717, 1.165) is 22.7 Å². The molecule has 36 heavy (non-hydrogen) atoms. The second kappa shape index (κ2) is 11.3. The SMILES string of the molecule is CCOc1ccc(NC(=O)N(CC(=O)Nc2cc(C(C)(C)C)nn2-c2cccc(C)c2)C(C)C)cc1. The fourth-order valence-corrected chi connectivity index (χ4v) is 3.62. The van der Waals surface area contributed by atoms with Gasteiger partial charge < -0.3 is 20.3 Å². The number of nitrogens with zero attached hydrogens (tertiary/aromatic N) is 3. The van der Waals surface area contributed by atoms with Gasteiger partial charge in [-0.15, -0.1) is 0 Å². The second-order valence-corrected chi connectivity index (χ2v) is 10.1. The topological polar surface area (TPSA) is 88.5 Å². The second-order valence-electron chi connectivity index (χ2n) is 10.1. The average Bonchev–Trinajstić information content (AvgIpc) is 3.23. The number of aromatic nitrogens is 2. The monoisotopic (exact) mass is 491 g/mol.